The first kappa shape index (κ1) is 32.3. The van der Waals surface area contributed by atoms with Gasteiger partial charge in [-0.3, -0.25) is 4.79 Å². The number of alkyl halides is 3. The fraction of sp³-hybridized carbons (Fsp3) is 0.300. The van der Waals surface area contributed by atoms with E-state index < -0.39 is 76.7 Å². The summed E-state index contributed by atoms with van der Waals surface area (Å²) >= 11 is 11.6. The van der Waals surface area contributed by atoms with Crippen molar-refractivity contribution in [3.05, 3.63) is 99.7 Å². The quantitative estimate of drug-likeness (QED) is 0.204. The first-order chi connectivity index (χ1) is 21.8. The van der Waals surface area contributed by atoms with Crippen LogP contribution < -0.4 is 4.90 Å². The molecule has 0 saturated carbocycles. The summed E-state index contributed by atoms with van der Waals surface area (Å²) in [5, 5.41) is 18.9. The van der Waals surface area contributed by atoms with Crippen molar-refractivity contribution in [1.29, 1.82) is 0 Å². The molecule has 4 aromatic rings. The van der Waals surface area contributed by atoms with Crippen molar-refractivity contribution in [3.8, 4) is 11.3 Å². The van der Waals surface area contributed by atoms with Gasteiger partial charge >= 0.3 is 6.18 Å². The highest BCUT2D eigenvalue weighted by Gasteiger charge is 2.53. The van der Waals surface area contributed by atoms with Crippen LogP contribution in [-0.2, 0) is 25.2 Å². The first-order valence-electron chi connectivity index (χ1n) is 13.7. The number of aromatic nitrogens is 3. The van der Waals surface area contributed by atoms with E-state index in [1.165, 1.54) is 6.20 Å². The summed E-state index contributed by atoms with van der Waals surface area (Å²) in [5.74, 6) is -3.11. The predicted molar refractivity (Wildman–Crippen MR) is 154 cm³/mol. The highest BCUT2D eigenvalue weighted by atomic mass is 35.5. The lowest BCUT2D eigenvalue weighted by Gasteiger charge is -2.48. The Kier molecular flexibility index (Phi) is 8.78. The average Bonchev–Trinajstić information content (AvgIpc) is 3.52. The number of aliphatic hydroxyl groups excluding tert-OH is 1. The van der Waals surface area contributed by atoms with Gasteiger partial charge in [-0.1, -0.05) is 58.7 Å². The summed E-state index contributed by atoms with van der Waals surface area (Å²) in [6.45, 7) is -0.138. The minimum absolute atomic E-state index is 0.00915. The second-order valence-corrected chi connectivity index (χ2v) is 11.5. The Bertz CT molecular complexity index is 1740. The van der Waals surface area contributed by atoms with Crippen LogP contribution in [0.2, 0.25) is 10.0 Å². The number of amides is 1. The molecule has 1 N–H and O–H groups in total. The molecule has 9 nitrogen and oxygen atoms in total. The SMILES string of the molecule is CN(C(=O)C1O[C@@H]2COC(c3ccccc3)O[C@@H]2[C@H](n2cc(-c3cc(F)c(Cl)c(F)c3)nn2)[C@H]1O)c1cc(Cl)ccc1C(F)(F)F. The van der Waals surface area contributed by atoms with Gasteiger partial charge in [0.1, 0.15) is 46.7 Å². The molecule has 46 heavy (non-hydrogen) atoms. The van der Waals surface area contributed by atoms with E-state index in [4.69, 9.17) is 37.4 Å². The highest BCUT2D eigenvalue weighted by molar-refractivity contribution is 6.31. The molecule has 2 unspecified atom stereocenters. The number of carbonyl (C=O) groups excluding carboxylic acids is 1. The minimum atomic E-state index is -4.83. The van der Waals surface area contributed by atoms with Crippen LogP contribution in [0.1, 0.15) is 23.5 Å². The number of anilines is 1. The Labute approximate surface area is 268 Å². The summed E-state index contributed by atoms with van der Waals surface area (Å²) in [4.78, 5) is 14.5. The normalized spacial score (nSPS) is 24.8. The van der Waals surface area contributed by atoms with Crippen molar-refractivity contribution < 1.29 is 46.1 Å². The van der Waals surface area contributed by atoms with Crippen LogP contribution in [0, 0.1) is 11.6 Å². The van der Waals surface area contributed by atoms with Crippen molar-refractivity contribution in [2.75, 3.05) is 18.6 Å². The zero-order valence-corrected chi connectivity index (χ0v) is 25.0. The fourth-order valence-corrected chi connectivity index (χ4v) is 5.77. The van der Waals surface area contributed by atoms with E-state index in [2.05, 4.69) is 10.3 Å². The number of rotatable bonds is 5. The van der Waals surface area contributed by atoms with Gasteiger partial charge in [0, 0.05) is 23.2 Å². The molecule has 0 aliphatic carbocycles. The van der Waals surface area contributed by atoms with Crippen molar-refractivity contribution in [3.63, 3.8) is 0 Å². The van der Waals surface area contributed by atoms with Crippen LogP contribution >= 0.6 is 23.2 Å². The van der Waals surface area contributed by atoms with Crippen LogP contribution in [0.4, 0.5) is 27.6 Å². The van der Waals surface area contributed by atoms with Crippen molar-refractivity contribution >= 4 is 34.8 Å². The van der Waals surface area contributed by atoms with Gasteiger partial charge in [0.15, 0.2) is 12.4 Å². The molecule has 0 bridgehead atoms. The summed E-state index contributed by atoms with van der Waals surface area (Å²) in [5.41, 5.74) is -1.09. The molecule has 2 saturated heterocycles. The maximum absolute atomic E-state index is 14.2. The van der Waals surface area contributed by atoms with E-state index in [0.717, 1.165) is 42.1 Å². The number of benzene rings is 3. The van der Waals surface area contributed by atoms with Gasteiger partial charge in [0.2, 0.25) is 0 Å². The van der Waals surface area contributed by atoms with E-state index in [9.17, 15) is 31.9 Å². The Morgan fingerprint density at radius 3 is 2.41 bits per heavy atom. The van der Waals surface area contributed by atoms with Gasteiger partial charge in [-0.15, -0.1) is 5.10 Å². The smallest absolute Gasteiger partial charge is 0.387 e. The number of hydrogen-bond acceptors (Lipinski definition) is 7. The minimum Gasteiger partial charge on any atom is -0.387 e. The molecule has 6 rings (SSSR count). The van der Waals surface area contributed by atoms with E-state index in [-0.39, 0.29) is 22.9 Å². The lowest BCUT2D eigenvalue weighted by molar-refractivity contribution is -0.312. The van der Waals surface area contributed by atoms with Crippen LogP contribution in [0.25, 0.3) is 11.3 Å². The average molecular weight is 685 g/mol. The summed E-state index contributed by atoms with van der Waals surface area (Å²) in [7, 11) is 1.09. The van der Waals surface area contributed by atoms with Gasteiger partial charge in [-0.2, -0.15) is 13.2 Å². The molecule has 3 heterocycles. The number of aliphatic hydroxyl groups is 1. The molecule has 0 radical (unpaired) electrons. The lowest BCUT2D eigenvalue weighted by Crippen LogP contribution is -2.62. The van der Waals surface area contributed by atoms with E-state index in [0.29, 0.717) is 10.5 Å². The number of ether oxygens (including phenoxy) is 3. The molecule has 2 aliphatic heterocycles. The van der Waals surface area contributed by atoms with Gasteiger partial charge in [-0.05, 0) is 30.3 Å². The molecular formula is C30H23Cl2F5N4O5. The standard InChI is InChI=1S/C30H23Cl2F5N4O5/c1-40(21-11-16(31)7-8-17(21)30(35,36)37)28(43)27-25(42)24(26-22(45-27)13-44-29(46-26)14-5-3-2-4-6-14)41-12-20(38-39-41)15-9-18(33)23(32)19(34)10-15/h2-12,22,24-27,29,42H,13H2,1H3/t22-,24-,25-,26+,27?,29?/m1/s1. The van der Waals surface area contributed by atoms with Crippen molar-refractivity contribution in [2.45, 2.75) is 42.9 Å². The zero-order chi connectivity index (χ0) is 32.9. The molecule has 1 amide bonds. The second-order valence-electron chi connectivity index (χ2n) is 10.6. The molecular weight excluding hydrogens is 662 g/mol. The summed E-state index contributed by atoms with van der Waals surface area (Å²) < 4.78 is 89.2. The Hall–Kier alpha value is -3.66. The number of likely N-dealkylation sites (N-methyl/N-ethyl adjacent to an activating group) is 1. The first-order valence-corrected chi connectivity index (χ1v) is 14.5. The maximum atomic E-state index is 14.2. The van der Waals surface area contributed by atoms with Crippen LogP contribution in [-0.4, -0.2) is 64.1 Å². The van der Waals surface area contributed by atoms with E-state index >= 15 is 0 Å². The molecule has 242 valence electrons. The highest BCUT2D eigenvalue weighted by Crippen LogP contribution is 2.42. The Balaban J connectivity index is 1.37. The van der Waals surface area contributed by atoms with Crippen LogP contribution in [0.5, 0.6) is 0 Å². The zero-order valence-electron chi connectivity index (χ0n) is 23.5. The second kappa shape index (κ2) is 12.5. The Morgan fingerprint density at radius 2 is 1.74 bits per heavy atom. The van der Waals surface area contributed by atoms with Crippen LogP contribution in [0.3, 0.4) is 0 Å². The molecule has 16 heteroatoms. The number of nitrogens with zero attached hydrogens (tertiary/aromatic N) is 4. The molecule has 0 spiro atoms. The lowest BCUT2D eigenvalue weighted by atomic mass is 9.90. The number of halogens is 7. The molecule has 6 atom stereocenters. The number of carbonyl (C=O) groups is 1. The van der Waals surface area contributed by atoms with Crippen LogP contribution in [0.15, 0.2) is 66.9 Å². The molecule has 3 aromatic carbocycles. The van der Waals surface area contributed by atoms with Gasteiger partial charge in [0.25, 0.3) is 5.91 Å². The van der Waals surface area contributed by atoms with E-state index in [1.807, 2.05) is 0 Å². The Morgan fingerprint density at radius 1 is 1.04 bits per heavy atom. The number of fused-ring (bicyclic) bond motifs is 1. The fourth-order valence-electron chi connectivity index (χ4n) is 5.49. The van der Waals surface area contributed by atoms with E-state index in [1.54, 1.807) is 30.3 Å². The van der Waals surface area contributed by atoms with Crippen molar-refractivity contribution in [1.82, 2.24) is 15.0 Å². The largest absolute Gasteiger partial charge is 0.418 e. The van der Waals surface area contributed by atoms with Gasteiger partial charge in [-0.25, -0.2) is 13.5 Å². The van der Waals surface area contributed by atoms with Gasteiger partial charge in [0.05, 0.1) is 24.1 Å². The topological polar surface area (TPSA) is 98.9 Å². The third-order valence-electron chi connectivity index (χ3n) is 7.74. The monoisotopic (exact) mass is 684 g/mol. The van der Waals surface area contributed by atoms with Crippen molar-refractivity contribution in [2.24, 2.45) is 0 Å². The third-order valence-corrected chi connectivity index (χ3v) is 8.34. The predicted octanol–water partition coefficient (Wildman–Crippen LogP) is 6.00. The third kappa shape index (κ3) is 6.08. The molecule has 2 aliphatic rings. The molecule has 1 aromatic heterocycles. The number of hydrogen-bond donors (Lipinski definition) is 1. The summed E-state index contributed by atoms with van der Waals surface area (Å²) in [6, 6.07) is 12.2. The maximum Gasteiger partial charge on any atom is 0.418 e. The van der Waals surface area contributed by atoms with Gasteiger partial charge < -0.3 is 24.2 Å². The summed E-state index contributed by atoms with van der Waals surface area (Å²) in [6.07, 6.45) is -10.0. The molecule has 2 fully saturated rings.